The van der Waals surface area contributed by atoms with Crippen molar-refractivity contribution in [2.45, 2.75) is 32.0 Å². The lowest BCUT2D eigenvalue weighted by atomic mass is 9.97. The molecule has 3 nitrogen and oxygen atoms in total. The van der Waals surface area contributed by atoms with Gasteiger partial charge in [0, 0.05) is 32.2 Å². The molecule has 0 bridgehead atoms. The van der Waals surface area contributed by atoms with Crippen LogP contribution in [-0.2, 0) is 17.7 Å². The lowest BCUT2D eigenvalue weighted by Crippen LogP contribution is -2.52. The Labute approximate surface area is 109 Å². The van der Waals surface area contributed by atoms with Crippen LogP contribution < -0.4 is 5.32 Å². The molecule has 0 saturated carbocycles. The van der Waals surface area contributed by atoms with Gasteiger partial charge < -0.3 is 10.1 Å². The molecule has 1 aromatic rings. The van der Waals surface area contributed by atoms with Crippen LogP contribution in [0.2, 0.25) is 0 Å². The Morgan fingerprint density at radius 2 is 2.17 bits per heavy atom. The van der Waals surface area contributed by atoms with Gasteiger partial charge in [0.05, 0.1) is 12.7 Å². The smallest absolute Gasteiger partial charge is 0.0852 e. The van der Waals surface area contributed by atoms with Crippen molar-refractivity contribution < 1.29 is 4.74 Å². The van der Waals surface area contributed by atoms with Gasteiger partial charge in [0.1, 0.15) is 0 Å². The van der Waals surface area contributed by atoms with Gasteiger partial charge in [-0.1, -0.05) is 24.3 Å². The summed E-state index contributed by atoms with van der Waals surface area (Å²) in [6, 6.07) is 9.30. The van der Waals surface area contributed by atoms with E-state index >= 15 is 0 Å². The molecular weight excluding hydrogens is 224 g/mol. The first-order valence-electron chi connectivity index (χ1n) is 6.98. The van der Waals surface area contributed by atoms with Crippen molar-refractivity contribution in [1.29, 1.82) is 0 Å². The Morgan fingerprint density at radius 1 is 1.33 bits per heavy atom. The second-order valence-electron chi connectivity index (χ2n) is 5.34. The molecule has 2 aliphatic heterocycles. The maximum absolute atomic E-state index is 5.88. The molecule has 18 heavy (non-hydrogen) atoms. The van der Waals surface area contributed by atoms with E-state index in [0.717, 1.165) is 32.8 Å². The second kappa shape index (κ2) is 5.39. The number of hydrogen-bond acceptors (Lipinski definition) is 3. The highest BCUT2D eigenvalue weighted by Crippen LogP contribution is 2.22. The highest BCUT2D eigenvalue weighted by molar-refractivity contribution is 5.29. The lowest BCUT2D eigenvalue weighted by Gasteiger charge is -2.39. The fourth-order valence-corrected chi connectivity index (χ4v) is 3.00. The van der Waals surface area contributed by atoms with Crippen LogP contribution in [0.3, 0.4) is 0 Å². The van der Waals surface area contributed by atoms with Crippen molar-refractivity contribution in [3.63, 3.8) is 0 Å². The largest absolute Gasteiger partial charge is 0.374 e. The molecule has 98 valence electrons. The summed E-state index contributed by atoms with van der Waals surface area (Å²) in [5, 5.41) is 3.42. The minimum absolute atomic E-state index is 0.337. The first kappa shape index (κ1) is 12.2. The van der Waals surface area contributed by atoms with Crippen molar-refractivity contribution in [2.75, 3.05) is 26.2 Å². The molecule has 0 amide bonds. The van der Waals surface area contributed by atoms with Crippen LogP contribution in [-0.4, -0.2) is 43.3 Å². The van der Waals surface area contributed by atoms with E-state index in [9.17, 15) is 0 Å². The van der Waals surface area contributed by atoms with Crippen LogP contribution >= 0.6 is 0 Å². The summed E-state index contributed by atoms with van der Waals surface area (Å²) in [5.41, 5.74) is 3.00. The Morgan fingerprint density at radius 3 is 2.94 bits per heavy atom. The summed E-state index contributed by atoms with van der Waals surface area (Å²) in [6.07, 6.45) is 1.50. The number of hydrogen-bond donors (Lipinski definition) is 1. The molecule has 2 unspecified atom stereocenters. The maximum Gasteiger partial charge on any atom is 0.0852 e. The van der Waals surface area contributed by atoms with Crippen molar-refractivity contribution >= 4 is 0 Å². The quantitative estimate of drug-likeness (QED) is 0.854. The number of rotatable bonds is 2. The predicted molar refractivity (Wildman–Crippen MR) is 72.6 cm³/mol. The summed E-state index contributed by atoms with van der Waals surface area (Å²) in [4.78, 5) is 2.56. The Kier molecular flexibility index (Phi) is 3.64. The van der Waals surface area contributed by atoms with Gasteiger partial charge in [-0.05, 0) is 24.5 Å². The molecule has 0 radical (unpaired) electrons. The lowest BCUT2D eigenvalue weighted by molar-refractivity contribution is -0.0295. The van der Waals surface area contributed by atoms with Gasteiger partial charge in [-0.3, -0.25) is 4.90 Å². The predicted octanol–water partition coefficient (Wildman–Crippen LogP) is 1.42. The third-order valence-corrected chi connectivity index (χ3v) is 4.23. The van der Waals surface area contributed by atoms with Gasteiger partial charge in [-0.2, -0.15) is 0 Å². The summed E-state index contributed by atoms with van der Waals surface area (Å²) in [6.45, 7) is 7.34. The Balaban J connectivity index is 1.67. The molecule has 1 aromatic carbocycles. The van der Waals surface area contributed by atoms with Crippen LogP contribution in [0.4, 0.5) is 0 Å². The number of nitrogens with zero attached hydrogens (tertiary/aromatic N) is 1. The molecule has 1 N–H and O–H groups in total. The average Bonchev–Trinajstić information content (AvgIpc) is 2.47. The van der Waals surface area contributed by atoms with Crippen molar-refractivity contribution in [1.82, 2.24) is 10.2 Å². The number of morpholine rings is 1. The summed E-state index contributed by atoms with van der Waals surface area (Å²) in [5.74, 6) is 0. The van der Waals surface area contributed by atoms with Crippen molar-refractivity contribution in [3.05, 3.63) is 35.4 Å². The fraction of sp³-hybridized carbons (Fsp3) is 0.600. The third-order valence-electron chi connectivity index (χ3n) is 4.23. The van der Waals surface area contributed by atoms with Crippen LogP contribution in [0.15, 0.2) is 24.3 Å². The van der Waals surface area contributed by atoms with E-state index < -0.39 is 0 Å². The molecular formula is C15H22N2O. The summed E-state index contributed by atoms with van der Waals surface area (Å²) < 4.78 is 5.88. The van der Waals surface area contributed by atoms with Gasteiger partial charge in [0.15, 0.2) is 0 Å². The maximum atomic E-state index is 5.88. The normalized spacial score (nSPS) is 26.6. The van der Waals surface area contributed by atoms with Crippen LogP contribution in [0, 0.1) is 0 Å². The average molecular weight is 246 g/mol. The second-order valence-corrected chi connectivity index (χ2v) is 5.34. The Hall–Kier alpha value is -0.900. The van der Waals surface area contributed by atoms with Crippen LogP contribution in [0.1, 0.15) is 18.1 Å². The van der Waals surface area contributed by atoms with Gasteiger partial charge in [0.2, 0.25) is 0 Å². The summed E-state index contributed by atoms with van der Waals surface area (Å²) >= 11 is 0. The molecule has 2 atom stereocenters. The highest BCUT2D eigenvalue weighted by Gasteiger charge is 2.28. The SMILES string of the molecule is CC(C1CNCCO1)N1CCc2ccccc2C1. The highest BCUT2D eigenvalue weighted by atomic mass is 16.5. The first-order valence-corrected chi connectivity index (χ1v) is 6.98. The van der Waals surface area contributed by atoms with E-state index in [1.807, 2.05) is 0 Å². The van der Waals surface area contributed by atoms with Gasteiger partial charge in [-0.25, -0.2) is 0 Å². The van der Waals surface area contributed by atoms with E-state index in [0.29, 0.717) is 12.1 Å². The molecule has 3 heteroatoms. The molecule has 2 heterocycles. The topological polar surface area (TPSA) is 24.5 Å². The number of benzene rings is 1. The first-order chi connectivity index (χ1) is 8.84. The number of nitrogens with one attached hydrogen (secondary N) is 1. The van der Waals surface area contributed by atoms with Crippen molar-refractivity contribution in [2.24, 2.45) is 0 Å². The number of fused-ring (bicyclic) bond motifs is 1. The molecule has 2 aliphatic rings. The zero-order valence-corrected chi connectivity index (χ0v) is 11.1. The van der Waals surface area contributed by atoms with E-state index in [1.165, 1.54) is 17.5 Å². The van der Waals surface area contributed by atoms with Gasteiger partial charge >= 0.3 is 0 Å². The number of ether oxygens (including phenoxy) is 1. The van der Waals surface area contributed by atoms with Crippen LogP contribution in [0.5, 0.6) is 0 Å². The molecule has 0 aliphatic carbocycles. The van der Waals surface area contributed by atoms with Gasteiger partial charge in [-0.15, -0.1) is 0 Å². The minimum Gasteiger partial charge on any atom is -0.374 e. The molecule has 1 saturated heterocycles. The van der Waals surface area contributed by atoms with Crippen molar-refractivity contribution in [3.8, 4) is 0 Å². The zero-order chi connectivity index (χ0) is 12.4. The Bertz CT molecular complexity index is 401. The molecule has 1 fully saturated rings. The fourth-order valence-electron chi connectivity index (χ4n) is 3.00. The van der Waals surface area contributed by atoms with Gasteiger partial charge in [0.25, 0.3) is 0 Å². The molecule has 3 rings (SSSR count). The van der Waals surface area contributed by atoms with Crippen LogP contribution in [0.25, 0.3) is 0 Å². The summed E-state index contributed by atoms with van der Waals surface area (Å²) in [7, 11) is 0. The minimum atomic E-state index is 0.337. The van der Waals surface area contributed by atoms with E-state index in [1.54, 1.807) is 0 Å². The molecule has 0 spiro atoms. The molecule has 0 aromatic heterocycles. The standard InChI is InChI=1S/C15H22N2O/c1-12(15-10-16-7-9-18-15)17-8-6-13-4-2-3-5-14(13)11-17/h2-5,12,15-16H,6-11H2,1H3. The monoisotopic (exact) mass is 246 g/mol. The van der Waals surface area contributed by atoms with E-state index in [2.05, 4.69) is 41.4 Å². The van der Waals surface area contributed by atoms with E-state index in [-0.39, 0.29) is 0 Å². The zero-order valence-electron chi connectivity index (χ0n) is 11.1. The third kappa shape index (κ3) is 2.44. The van der Waals surface area contributed by atoms with E-state index in [4.69, 9.17) is 4.74 Å².